The molecule has 0 spiro atoms. The summed E-state index contributed by atoms with van der Waals surface area (Å²) in [4.78, 5) is 32.7. The van der Waals surface area contributed by atoms with Crippen molar-refractivity contribution in [2.45, 2.75) is 18.9 Å². The van der Waals surface area contributed by atoms with Gasteiger partial charge in [0.25, 0.3) is 11.6 Å². The molecule has 0 heterocycles. The third-order valence-corrected chi connectivity index (χ3v) is 2.76. The molecular formula is C12H12FN3O4. The highest BCUT2D eigenvalue weighted by molar-refractivity contribution is 5.96. The van der Waals surface area contributed by atoms with E-state index in [0.29, 0.717) is 6.07 Å². The summed E-state index contributed by atoms with van der Waals surface area (Å²) in [6, 6.07) is 2.89. The largest absolute Gasteiger partial charge is 0.352 e. The maximum Gasteiger partial charge on any atom is 0.272 e. The molecule has 0 atom stereocenters. The number of non-ortho nitro benzene ring substituents is 1. The van der Waals surface area contributed by atoms with E-state index in [9.17, 15) is 24.1 Å². The summed E-state index contributed by atoms with van der Waals surface area (Å²) in [6.07, 6.45) is 1.85. The fraction of sp³-hybridized carbons (Fsp3) is 0.333. The summed E-state index contributed by atoms with van der Waals surface area (Å²) in [5, 5.41) is 15.4. The Kier molecular flexibility index (Phi) is 3.92. The van der Waals surface area contributed by atoms with Crippen LogP contribution in [-0.2, 0) is 4.79 Å². The summed E-state index contributed by atoms with van der Waals surface area (Å²) in [5.41, 5.74) is -0.777. The average molecular weight is 281 g/mol. The molecule has 1 aromatic rings. The van der Waals surface area contributed by atoms with Crippen LogP contribution in [0.2, 0.25) is 0 Å². The van der Waals surface area contributed by atoms with Gasteiger partial charge in [0.2, 0.25) is 5.91 Å². The number of nitro groups is 1. The first-order valence-electron chi connectivity index (χ1n) is 5.99. The van der Waals surface area contributed by atoms with Crippen molar-refractivity contribution in [3.63, 3.8) is 0 Å². The predicted molar refractivity (Wildman–Crippen MR) is 66.6 cm³/mol. The standard InChI is InChI=1S/C12H12FN3O4/c13-10-5-8(16(19)20)3-4-9(10)12(18)14-6-11(17)15-7-1-2-7/h3-5,7H,1-2,6H2,(H,14,18)(H,15,17). The lowest BCUT2D eigenvalue weighted by Crippen LogP contribution is -2.38. The Balaban J connectivity index is 1.94. The van der Waals surface area contributed by atoms with Crippen LogP contribution in [-0.4, -0.2) is 29.3 Å². The quantitative estimate of drug-likeness (QED) is 0.614. The molecule has 2 rings (SSSR count). The zero-order chi connectivity index (χ0) is 14.7. The third kappa shape index (κ3) is 3.50. The number of nitro benzene ring substituents is 1. The highest BCUT2D eigenvalue weighted by atomic mass is 19.1. The normalized spacial score (nSPS) is 13.7. The van der Waals surface area contributed by atoms with Crippen molar-refractivity contribution >= 4 is 17.5 Å². The topological polar surface area (TPSA) is 101 Å². The number of hydrogen-bond donors (Lipinski definition) is 2. The lowest BCUT2D eigenvalue weighted by atomic mass is 10.2. The number of amides is 2. The van der Waals surface area contributed by atoms with Crippen LogP contribution in [0.15, 0.2) is 18.2 Å². The van der Waals surface area contributed by atoms with Crippen molar-refractivity contribution in [1.82, 2.24) is 10.6 Å². The van der Waals surface area contributed by atoms with Gasteiger partial charge in [-0.2, -0.15) is 0 Å². The Hall–Kier alpha value is -2.51. The molecule has 2 N–H and O–H groups in total. The van der Waals surface area contributed by atoms with Crippen LogP contribution < -0.4 is 10.6 Å². The Morgan fingerprint density at radius 2 is 2.10 bits per heavy atom. The minimum Gasteiger partial charge on any atom is -0.352 e. The Morgan fingerprint density at radius 3 is 2.65 bits per heavy atom. The van der Waals surface area contributed by atoms with Gasteiger partial charge >= 0.3 is 0 Å². The number of hydrogen-bond acceptors (Lipinski definition) is 4. The van der Waals surface area contributed by atoms with Gasteiger partial charge in [-0.15, -0.1) is 0 Å². The van der Waals surface area contributed by atoms with Gasteiger partial charge in [0, 0.05) is 12.1 Å². The van der Waals surface area contributed by atoms with Crippen LogP contribution in [0.4, 0.5) is 10.1 Å². The minimum absolute atomic E-state index is 0.176. The maximum absolute atomic E-state index is 13.5. The van der Waals surface area contributed by atoms with Crippen LogP contribution in [0.25, 0.3) is 0 Å². The van der Waals surface area contributed by atoms with Crippen LogP contribution in [0.3, 0.4) is 0 Å². The van der Waals surface area contributed by atoms with Gasteiger partial charge in [0.05, 0.1) is 23.1 Å². The molecule has 0 saturated heterocycles. The highest BCUT2D eigenvalue weighted by Gasteiger charge is 2.23. The molecule has 1 fully saturated rings. The van der Waals surface area contributed by atoms with Crippen LogP contribution in [0, 0.1) is 15.9 Å². The average Bonchev–Trinajstić information content (AvgIpc) is 3.19. The zero-order valence-corrected chi connectivity index (χ0v) is 10.4. The first-order chi connectivity index (χ1) is 9.47. The summed E-state index contributed by atoms with van der Waals surface area (Å²) < 4.78 is 13.5. The van der Waals surface area contributed by atoms with E-state index in [4.69, 9.17) is 0 Å². The monoisotopic (exact) mass is 281 g/mol. The number of benzene rings is 1. The molecular weight excluding hydrogens is 269 g/mol. The first-order valence-corrected chi connectivity index (χ1v) is 5.99. The molecule has 1 saturated carbocycles. The van der Waals surface area contributed by atoms with E-state index in [2.05, 4.69) is 10.6 Å². The second kappa shape index (κ2) is 5.64. The first kappa shape index (κ1) is 13.9. The van der Waals surface area contributed by atoms with Crippen molar-refractivity contribution in [3.05, 3.63) is 39.7 Å². The number of carbonyl (C=O) groups excluding carboxylic acids is 2. The van der Waals surface area contributed by atoms with Gasteiger partial charge in [-0.05, 0) is 18.9 Å². The highest BCUT2D eigenvalue weighted by Crippen LogP contribution is 2.18. The second-order valence-corrected chi connectivity index (χ2v) is 4.45. The Bertz CT molecular complexity index is 572. The van der Waals surface area contributed by atoms with Crippen molar-refractivity contribution in [2.24, 2.45) is 0 Å². The van der Waals surface area contributed by atoms with Gasteiger partial charge in [0.15, 0.2) is 0 Å². The molecule has 1 aliphatic carbocycles. The summed E-state index contributed by atoms with van der Waals surface area (Å²) >= 11 is 0. The molecule has 0 aliphatic heterocycles. The van der Waals surface area contributed by atoms with Crippen molar-refractivity contribution in [1.29, 1.82) is 0 Å². The molecule has 0 aromatic heterocycles. The fourth-order valence-electron chi connectivity index (χ4n) is 1.56. The lowest BCUT2D eigenvalue weighted by Gasteiger charge is -2.06. The summed E-state index contributed by atoms with van der Waals surface area (Å²) in [5.74, 6) is -2.13. The molecule has 0 bridgehead atoms. The number of nitrogens with one attached hydrogen (secondary N) is 2. The van der Waals surface area contributed by atoms with E-state index in [1.54, 1.807) is 0 Å². The Labute approximate surface area is 113 Å². The molecule has 8 heteroatoms. The molecule has 0 unspecified atom stereocenters. The van der Waals surface area contributed by atoms with Crippen molar-refractivity contribution in [3.8, 4) is 0 Å². The molecule has 7 nitrogen and oxygen atoms in total. The number of rotatable bonds is 5. The van der Waals surface area contributed by atoms with E-state index in [-0.39, 0.29) is 24.1 Å². The Morgan fingerprint density at radius 1 is 1.40 bits per heavy atom. The number of carbonyl (C=O) groups is 2. The second-order valence-electron chi connectivity index (χ2n) is 4.45. The van der Waals surface area contributed by atoms with Gasteiger partial charge < -0.3 is 10.6 Å². The fourth-order valence-corrected chi connectivity index (χ4v) is 1.56. The number of nitrogens with zero attached hydrogens (tertiary/aromatic N) is 1. The predicted octanol–water partition coefficient (Wildman–Crippen LogP) is 0.742. The zero-order valence-electron chi connectivity index (χ0n) is 10.4. The maximum atomic E-state index is 13.5. The van der Waals surface area contributed by atoms with Gasteiger partial charge in [0.1, 0.15) is 5.82 Å². The van der Waals surface area contributed by atoms with Gasteiger partial charge in [-0.1, -0.05) is 0 Å². The number of halogens is 1. The summed E-state index contributed by atoms with van der Waals surface area (Å²) in [7, 11) is 0. The third-order valence-electron chi connectivity index (χ3n) is 2.76. The van der Waals surface area contributed by atoms with Crippen LogP contribution in [0.5, 0.6) is 0 Å². The lowest BCUT2D eigenvalue weighted by molar-refractivity contribution is -0.385. The molecule has 0 radical (unpaired) electrons. The summed E-state index contributed by atoms with van der Waals surface area (Å²) in [6.45, 7) is -0.258. The van der Waals surface area contributed by atoms with E-state index < -0.39 is 22.3 Å². The van der Waals surface area contributed by atoms with E-state index >= 15 is 0 Å². The van der Waals surface area contributed by atoms with E-state index in [1.807, 2.05) is 0 Å². The minimum atomic E-state index is -1.00. The van der Waals surface area contributed by atoms with E-state index in [1.165, 1.54) is 0 Å². The van der Waals surface area contributed by atoms with Crippen LogP contribution >= 0.6 is 0 Å². The molecule has 2 amide bonds. The van der Waals surface area contributed by atoms with E-state index in [0.717, 1.165) is 25.0 Å². The molecule has 1 aromatic carbocycles. The SMILES string of the molecule is O=C(CNC(=O)c1ccc([N+](=O)[O-])cc1F)NC1CC1. The smallest absolute Gasteiger partial charge is 0.272 e. The van der Waals surface area contributed by atoms with Crippen LogP contribution in [0.1, 0.15) is 23.2 Å². The molecule has 106 valence electrons. The van der Waals surface area contributed by atoms with Crippen molar-refractivity contribution < 1.29 is 18.9 Å². The van der Waals surface area contributed by atoms with Crippen molar-refractivity contribution in [2.75, 3.05) is 6.54 Å². The van der Waals surface area contributed by atoms with Gasteiger partial charge in [-0.3, -0.25) is 19.7 Å². The van der Waals surface area contributed by atoms with Gasteiger partial charge in [-0.25, -0.2) is 4.39 Å². The molecule has 1 aliphatic rings. The molecule has 20 heavy (non-hydrogen) atoms.